The van der Waals surface area contributed by atoms with Crippen LogP contribution in [0.15, 0.2) is 0 Å². The average Bonchev–Trinajstić information content (AvgIpc) is 2.12. The maximum Gasteiger partial charge on any atom is 0.262 e. The van der Waals surface area contributed by atoms with Gasteiger partial charge in [-0.1, -0.05) is 13.3 Å². The van der Waals surface area contributed by atoms with Gasteiger partial charge in [-0.15, -0.1) is 0 Å². The monoisotopic (exact) mass is 175 g/mol. The van der Waals surface area contributed by atoms with Gasteiger partial charge >= 0.3 is 0 Å². The van der Waals surface area contributed by atoms with E-state index in [0.717, 1.165) is 25.8 Å². The fourth-order valence-corrected chi connectivity index (χ4v) is 2.69. The molecule has 0 aliphatic carbocycles. The molecule has 70 valence electrons. The van der Waals surface area contributed by atoms with Gasteiger partial charge in [0.05, 0.1) is 6.54 Å². The third-order valence-electron chi connectivity index (χ3n) is 3.24. The molecule has 0 aromatic heterocycles. The lowest BCUT2D eigenvalue weighted by atomic mass is 9.81. The summed E-state index contributed by atoms with van der Waals surface area (Å²) >= 11 is 0. The maximum atomic E-state index is 13.0. The number of fused-ring (bicyclic) bond motifs is 1. The van der Waals surface area contributed by atoms with Crippen LogP contribution in [0, 0.1) is 0 Å². The summed E-state index contributed by atoms with van der Waals surface area (Å²) in [4.78, 5) is 1.97. The molecule has 2 aliphatic heterocycles. The highest BCUT2D eigenvalue weighted by atomic mass is 19.3. The Hall–Kier alpha value is -0.180. The van der Waals surface area contributed by atoms with Crippen LogP contribution in [0.25, 0.3) is 0 Å². The summed E-state index contributed by atoms with van der Waals surface area (Å²) < 4.78 is 26.0. The average molecular weight is 175 g/mol. The summed E-state index contributed by atoms with van der Waals surface area (Å²) in [6, 6.07) is 0. The molecule has 1 nitrogen and oxygen atoms in total. The van der Waals surface area contributed by atoms with Gasteiger partial charge < -0.3 is 0 Å². The van der Waals surface area contributed by atoms with Crippen LogP contribution in [0.2, 0.25) is 0 Å². The molecule has 2 saturated heterocycles. The Morgan fingerprint density at radius 3 is 2.58 bits per heavy atom. The molecular weight excluding hydrogens is 160 g/mol. The van der Waals surface area contributed by atoms with E-state index < -0.39 is 5.92 Å². The molecule has 0 amide bonds. The lowest BCUT2D eigenvalue weighted by molar-refractivity contribution is 0.0119. The number of hydrogen-bond acceptors (Lipinski definition) is 1. The lowest BCUT2D eigenvalue weighted by Crippen LogP contribution is -2.55. The summed E-state index contributed by atoms with van der Waals surface area (Å²) in [5, 5.41) is 0. The van der Waals surface area contributed by atoms with Crippen LogP contribution in [-0.2, 0) is 0 Å². The first-order valence-corrected chi connectivity index (χ1v) is 4.71. The Bertz CT molecular complexity index is 193. The molecule has 0 N–H and O–H groups in total. The van der Waals surface area contributed by atoms with Gasteiger partial charge in [-0.2, -0.15) is 0 Å². The number of halogens is 2. The lowest BCUT2D eigenvalue weighted by Gasteiger charge is -2.47. The number of hydrogen-bond donors (Lipinski definition) is 0. The molecule has 0 spiro atoms. The molecule has 0 aromatic rings. The largest absolute Gasteiger partial charge is 0.291 e. The Kier molecular flexibility index (Phi) is 1.69. The van der Waals surface area contributed by atoms with Crippen LogP contribution < -0.4 is 0 Å². The first-order chi connectivity index (χ1) is 5.58. The van der Waals surface area contributed by atoms with Crippen LogP contribution >= 0.6 is 0 Å². The maximum absolute atomic E-state index is 13.0. The Labute approximate surface area is 71.7 Å². The molecule has 12 heavy (non-hydrogen) atoms. The predicted molar refractivity (Wildman–Crippen MR) is 43.4 cm³/mol. The van der Waals surface area contributed by atoms with Gasteiger partial charge in [-0.3, -0.25) is 4.90 Å². The molecule has 2 fully saturated rings. The summed E-state index contributed by atoms with van der Waals surface area (Å²) in [5.74, 6) is -2.41. The highest BCUT2D eigenvalue weighted by molar-refractivity contribution is 5.09. The number of alkyl halides is 2. The molecule has 1 atom stereocenters. The molecular formula is C9H15F2N. The molecule has 0 bridgehead atoms. The smallest absolute Gasteiger partial charge is 0.262 e. The van der Waals surface area contributed by atoms with Crippen molar-refractivity contribution in [2.24, 2.45) is 0 Å². The minimum atomic E-state index is -2.41. The van der Waals surface area contributed by atoms with Crippen molar-refractivity contribution in [3.05, 3.63) is 0 Å². The van der Waals surface area contributed by atoms with E-state index in [9.17, 15) is 8.78 Å². The van der Waals surface area contributed by atoms with E-state index in [4.69, 9.17) is 0 Å². The van der Waals surface area contributed by atoms with E-state index in [1.54, 1.807) is 0 Å². The Balaban J connectivity index is 2.08. The number of rotatable bonds is 2. The van der Waals surface area contributed by atoms with Gasteiger partial charge in [0.15, 0.2) is 0 Å². The molecule has 0 radical (unpaired) electrons. The fourth-order valence-electron chi connectivity index (χ4n) is 2.69. The van der Waals surface area contributed by atoms with Crippen molar-refractivity contribution in [1.29, 1.82) is 0 Å². The highest BCUT2D eigenvalue weighted by Gasteiger charge is 2.58. The quantitative estimate of drug-likeness (QED) is 0.622. The molecule has 3 heteroatoms. The van der Waals surface area contributed by atoms with Crippen molar-refractivity contribution in [3.63, 3.8) is 0 Å². The van der Waals surface area contributed by atoms with E-state index in [1.807, 2.05) is 4.90 Å². The van der Waals surface area contributed by atoms with Crippen LogP contribution in [-0.4, -0.2) is 29.5 Å². The first-order valence-electron chi connectivity index (χ1n) is 4.71. The standard InChI is InChI=1S/C9H15F2N/c1-2-3-8-4-5-12(8)7-9(10,11)6-8/h2-7H2,1H3. The highest BCUT2D eigenvalue weighted by Crippen LogP contribution is 2.49. The van der Waals surface area contributed by atoms with Crippen LogP contribution in [0.3, 0.4) is 0 Å². The third kappa shape index (κ3) is 1.06. The van der Waals surface area contributed by atoms with Crippen LogP contribution in [0.5, 0.6) is 0 Å². The fraction of sp³-hybridized carbons (Fsp3) is 1.00. The van der Waals surface area contributed by atoms with Gasteiger partial charge in [0.25, 0.3) is 5.92 Å². The second kappa shape index (κ2) is 2.41. The second-order valence-electron chi connectivity index (χ2n) is 4.18. The molecule has 0 saturated carbocycles. The number of nitrogens with zero attached hydrogens (tertiary/aromatic N) is 1. The van der Waals surface area contributed by atoms with Crippen molar-refractivity contribution in [3.8, 4) is 0 Å². The van der Waals surface area contributed by atoms with Crippen molar-refractivity contribution in [1.82, 2.24) is 4.90 Å². The Morgan fingerprint density at radius 1 is 1.42 bits per heavy atom. The summed E-state index contributed by atoms with van der Waals surface area (Å²) in [6.07, 6.45) is 3.06. The minimum absolute atomic E-state index is 0.00694. The van der Waals surface area contributed by atoms with Crippen molar-refractivity contribution in [2.45, 2.75) is 44.1 Å². The second-order valence-corrected chi connectivity index (χ2v) is 4.18. The SMILES string of the molecule is CCCC12CCN1CC(F)(F)C2. The minimum Gasteiger partial charge on any atom is -0.291 e. The van der Waals surface area contributed by atoms with Gasteiger partial charge in [-0.05, 0) is 12.8 Å². The summed E-state index contributed by atoms with van der Waals surface area (Å²) in [7, 11) is 0. The zero-order chi connectivity index (χ0) is 8.82. The van der Waals surface area contributed by atoms with Gasteiger partial charge in [-0.25, -0.2) is 8.78 Å². The van der Waals surface area contributed by atoms with Crippen molar-refractivity contribution < 1.29 is 8.78 Å². The van der Waals surface area contributed by atoms with Crippen LogP contribution in [0.4, 0.5) is 8.78 Å². The van der Waals surface area contributed by atoms with Gasteiger partial charge in [0.2, 0.25) is 0 Å². The summed E-state index contributed by atoms with van der Waals surface area (Å²) in [5.41, 5.74) is -0.0990. The first kappa shape index (κ1) is 8.42. The Morgan fingerprint density at radius 2 is 2.17 bits per heavy atom. The van der Waals surface area contributed by atoms with Crippen molar-refractivity contribution >= 4 is 0 Å². The van der Waals surface area contributed by atoms with E-state index >= 15 is 0 Å². The molecule has 2 rings (SSSR count). The predicted octanol–water partition coefficient (Wildman–Crippen LogP) is 2.27. The molecule has 2 heterocycles. The van der Waals surface area contributed by atoms with E-state index in [-0.39, 0.29) is 18.5 Å². The van der Waals surface area contributed by atoms with Gasteiger partial charge in [0.1, 0.15) is 0 Å². The zero-order valence-electron chi connectivity index (χ0n) is 7.45. The van der Waals surface area contributed by atoms with E-state index in [2.05, 4.69) is 6.92 Å². The van der Waals surface area contributed by atoms with E-state index in [1.165, 1.54) is 0 Å². The molecule has 1 unspecified atom stereocenters. The third-order valence-corrected chi connectivity index (χ3v) is 3.24. The summed E-state index contributed by atoms with van der Waals surface area (Å²) in [6.45, 7) is 2.96. The van der Waals surface area contributed by atoms with Gasteiger partial charge in [0, 0.05) is 18.5 Å². The van der Waals surface area contributed by atoms with E-state index in [0.29, 0.717) is 0 Å². The van der Waals surface area contributed by atoms with Crippen LogP contribution in [0.1, 0.15) is 32.6 Å². The zero-order valence-corrected chi connectivity index (χ0v) is 7.45. The molecule has 2 aliphatic rings. The topological polar surface area (TPSA) is 3.24 Å². The normalized spacial score (nSPS) is 39.2. The van der Waals surface area contributed by atoms with Crippen molar-refractivity contribution in [2.75, 3.05) is 13.1 Å². The molecule has 0 aromatic carbocycles.